The predicted octanol–water partition coefficient (Wildman–Crippen LogP) is 4.56. The maximum atomic E-state index is 13.4. The second-order valence-electron chi connectivity index (χ2n) is 7.86. The number of methoxy groups -OCH3 is 2. The SMILES string of the molecule is CC[C@@H](C)NC(=O)c1coc(CN(Cc2ccc(F)cc2)Cc2cc(OC)ccc2OC)n1. The number of halogens is 1. The summed E-state index contributed by atoms with van der Waals surface area (Å²) in [6.07, 6.45) is 2.19. The van der Waals surface area contributed by atoms with Crippen LogP contribution in [0.4, 0.5) is 4.39 Å². The van der Waals surface area contributed by atoms with Gasteiger partial charge in [0.2, 0.25) is 5.89 Å². The summed E-state index contributed by atoms with van der Waals surface area (Å²) in [7, 11) is 3.23. The minimum atomic E-state index is -0.288. The van der Waals surface area contributed by atoms with Crippen LogP contribution in [0.5, 0.6) is 11.5 Å². The third kappa shape index (κ3) is 6.79. The van der Waals surface area contributed by atoms with Crippen molar-refractivity contribution in [1.29, 1.82) is 0 Å². The fourth-order valence-corrected chi connectivity index (χ4v) is 3.34. The summed E-state index contributed by atoms with van der Waals surface area (Å²) in [6, 6.07) is 12.0. The van der Waals surface area contributed by atoms with Crippen LogP contribution in [0, 0.1) is 5.82 Å². The van der Waals surface area contributed by atoms with Gasteiger partial charge in [0.25, 0.3) is 5.91 Å². The van der Waals surface area contributed by atoms with Gasteiger partial charge in [0.15, 0.2) is 5.69 Å². The molecule has 0 aliphatic rings. The van der Waals surface area contributed by atoms with Gasteiger partial charge in [-0.15, -0.1) is 0 Å². The molecular formula is C25H30FN3O4. The molecule has 0 aliphatic carbocycles. The molecule has 0 saturated heterocycles. The van der Waals surface area contributed by atoms with E-state index in [1.807, 2.05) is 32.0 Å². The average Bonchev–Trinajstić information content (AvgIpc) is 3.29. The maximum absolute atomic E-state index is 13.4. The fraction of sp³-hybridized carbons (Fsp3) is 0.360. The first-order valence-electron chi connectivity index (χ1n) is 10.8. The van der Waals surface area contributed by atoms with Crippen molar-refractivity contribution in [2.75, 3.05) is 14.2 Å². The second kappa shape index (κ2) is 11.5. The molecule has 8 heteroatoms. The summed E-state index contributed by atoms with van der Waals surface area (Å²) >= 11 is 0. The van der Waals surface area contributed by atoms with E-state index in [4.69, 9.17) is 13.9 Å². The van der Waals surface area contributed by atoms with Gasteiger partial charge >= 0.3 is 0 Å². The van der Waals surface area contributed by atoms with Crippen LogP contribution in [0.2, 0.25) is 0 Å². The molecule has 0 unspecified atom stereocenters. The van der Waals surface area contributed by atoms with Crippen molar-refractivity contribution in [3.05, 3.63) is 77.3 Å². The Morgan fingerprint density at radius 2 is 1.88 bits per heavy atom. The van der Waals surface area contributed by atoms with Crippen LogP contribution in [0.1, 0.15) is 47.8 Å². The van der Waals surface area contributed by atoms with Crippen molar-refractivity contribution in [3.8, 4) is 11.5 Å². The molecule has 1 heterocycles. The summed E-state index contributed by atoms with van der Waals surface area (Å²) in [6.45, 7) is 5.28. The number of nitrogens with zero attached hydrogens (tertiary/aromatic N) is 2. The maximum Gasteiger partial charge on any atom is 0.273 e. The Morgan fingerprint density at radius 1 is 1.12 bits per heavy atom. The first-order valence-corrected chi connectivity index (χ1v) is 10.8. The highest BCUT2D eigenvalue weighted by Crippen LogP contribution is 2.26. The van der Waals surface area contributed by atoms with Crippen LogP contribution in [0.25, 0.3) is 0 Å². The molecule has 0 aliphatic heterocycles. The van der Waals surface area contributed by atoms with Gasteiger partial charge in [-0.1, -0.05) is 19.1 Å². The Morgan fingerprint density at radius 3 is 2.55 bits per heavy atom. The molecule has 0 fully saturated rings. The highest BCUT2D eigenvalue weighted by atomic mass is 19.1. The molecule has 3 rings (SSSR count). The summed E-state index contributed by atoms with van der Waals surface area (Å²) in [5, 5.41) is 2.88. The number of amides is 1. The van der Waals surface area contributed by atoms with Gasteiger partial charge in [0.05, 0.1) is 20.8 Å². The first kappa shape index (κ1) is 24.3. The molecule has 2 aromatic carbocycles. The predicted molar refractivity (Wildman–Crippen MR) is 123 cm³/mol. The minimum Gasteiger partial charge on any atom is -0.497 e. The Labute approximate surface area is 193 Å². The van der Waals surface area contributed by atoms with E-state index in [1.165, 1.54) is 18.4 Å². The molecule has 0 radical (unpaired) electrons. The van der Waals surface area contributed by atoms with Crippen molar-refractivity contribution in [1.82, 2.24) is 15.2 Å². The van der Waals surface area contributed by atoms with E-state index < -0.39 is 0 Å². The largest absolute Gasteiger partial charge is 0.497 e. The van der Waals surface area contributed by atoms with Gasteiger partial charge < -0.3 is 19.2 Å². The highest BCUT2D eigenvalue weighted by molar-refractivity contribution is 5.92. The van der Waals surface area contributed by atoms with E-state index >= 15 is 0 Å². The lowest BCUT2D eigenvalue weighted by molar-refractivity contribution is 0.0934. The van der Waals surface area contributed by atoms with E-state index in [0.29, 0.717) is 31.3 Å². The van der Waals surface area contributed by atoms with Crippen LogP contribution in [0.3, 0.4) is 0 Å². The number of ether oxygens (including phenoxy) is 2. The summed E-state index contributed by atoms with van der Waals surface area (Å²) < 4.78 is 29.9. The van der Waals surface area contributed by atoms with Crippen LogP contribution in [-0.2, 0) is 19.6 Å². The zero-order valence-electron chi connectivity index (χ0n) is 19.4. The van der Waals surface area contributed by atoms with E-state index in [2.05, 4.69) is 15.2 Å². The van der Waals surface area contributed by atoms with Gasteiger partial charge in [0, 0.05) is 24.7 Å². The zero-order chi connectivity index (χ0) is 23.8. The third-order valence-corrected chi connectivity index (χ3v) is 5.33. The highest BCUT2D eigenvalue weighted by Gasteiger charge is 2.18. The molecule has 0 bridgehead atoms. The van der Waals surface area contributed by atoms with Crippen LogP contribution < -0.4 is 14.8 Å². The van der Waals surface area contributed by atoms with Gasteiger partial charge in [0.1, 0.15) is 23.6 Å². The molecule has 1 N–H and O–H groups in total. The smallest absolute Gasteiger partial charge is 0.273 e. The standard InChI is InChI=1S/C25H30FN3O4/c1-5-17(2)27-25(30)22-16-33-24(28-22)15-29(13-18-6-8-20(26)9-7-18)14-19-12-21(31-3)10-11-23(19)32-4/h6-12,16-17H,5,13-15H2,1-4H3,(H,27,30)/t17-/m1/s1. The topological polar surface area (TPSA) is 76.8 Å². The molecule has 176 valence electrons. The van der Waals surface area contributed by atoms with E-state index in [-0.39, 0.29) is 23.5 Å². The number of rotatable bonds is 11. The number of hydrogen-bond donors (Lipinski definition) is 1. The molecule has 1 atom stereocenters. The van der Waals surface area contributed by atoms with Crippen LogP contribution in [0.15, 0.2) is 53.1 Å². The number of aromatic nitrogens is 1. The van der Waals surface area contributed by atoms with Crippen molar-refractivity contribution in [3.63, 3.8) is 0 Å². The van der Waals surface area contributed by atoms with Crippen molar-refractivity contribution < 1.29 is 23.1 Å². The summed E-state index contributed by atoms with van der Waals surface area (Å²) in [5.41, 5.74) is 2.09. The number of hydrogen-bond acceptors (Lipinski definition) is 6. The molecule has 7 nitrogen and oxygen atoms in total. The molecule has 0 spiro atoms. The Kier molecular flexibility index (Phi) is 8.43. The molecule has 0 saturated carbocycles. The van der Waals surface area contributed by atoms with E-state index in [9.17, 15) is 9.18 Å². The summed E-state index contributed by atoms with van der Waals surface area (Å²) in [4.78, 5) is 18.8. The Balaban J connectivity index is 1.82. The average molecular weight is 456 g/mol. The number of carbonyl (C=O) groups excluding carboxylic acids is 1. The third-order valence-electron chi connectivity index (χ3n) is 5.33. The van der Waals surface area contributed by atoms with Gasteiger partial charge in [-0.2, -0.15) is 0 Å². The lowest BCUT2D eigenvalue weighted by Crippen LogP contribution is -2.32. The van der Waals surface area contributed by atoms with E-state index in [1.54, 1.807) is 26.4 Å². The molecule has 1 amide bonds. The first-order chi connectivity index (χ1) is 15.9. The Hall–Kier alpha value is -3.39. The number of benzene rings is 2. The van der Waals surface area contributed by atoms with Crippen LogP contribution >= 0.6 is 0 Å². The van der Waals surface area contributed by atoms with Gasteiger partial charge in [-0.25, -0.2) is 9.37 Å². The quantitative estimate of drug-likeness (QED) is 0.457. The van der Waals surface area contributed by atoms with Gasteiger partial charge in [-0.3, -0.25) is 9.69 Å². The van der Waals surface area contributed by atoms with Crippen molar-refractivity contribution in [2.45, 2.75) is 45.9 Å². The number of carbonyl (C=O) groups is 1. The number of oxazole rings is 1. The lowest BCUT2D eigenvalue weighted by Gasteiger charge is -2.22. The van der Waals surface area contributed by atoms with Gasteiger partial charge in [-0.05, 0) is 49.2 Å². The monoisotopic (exact) mass is 455 g/mol. The Bertz CT molecular complexity index is 1050. The summed E-state index contributed by atoms with van der Waals surface area (Å²) in [5.74, 6) is 1.30. The van der Waals surface area contributed by atoms with Crippen molar-refractivity contribution >= 4 is 5.91 Å². The molecular weight excluding hydrogens is 425 g/mol. The van der Waals surface area contributed by atoms with E-state index in [0.717, 1.165) is 23.3 Å². The molecule has 33 heavy (non-hydrogen) atoms. The second-order valence-corrected chi connectivity index (χ2v) is 7.86. The number of nitrogens with one attached hydrogen (secondary N) is 1. The zero-order valence-corrected chi connectivity index (χ0v) is 19.4. The fourth-order valence-electron chi connectivity index (χ4n) is 3.34. The van der Waals surface area contributed by atoms with Crippen LogP contribution in [-0.4, -0.2) is 36.1 Å². The molecule has 3 aromatic rings. The lowest BCUT2D eigenvalue weighted by atomic mass is 10.1. The minimum absolute atomic E-state index is 0.0492. The molecule has 1 aromatic heterocycles. The normalized spacial score (nSPS) is 11.9. The van der Waals surface area contributed by atoms with Crippen molar-refractivity contribution in [2.24, 2.45) is 0 Å².